The van der Waals surface area contributed by atoms with E-state index in [1.165, 1.54) is 0 Å². The second-order valence-corrected chi connectivity index (χ2v) is 7.01. The summed E-state index contributed by atoms with van der Waals surface area (Å²) in [6.07, 6.45) is 1.74. The first-order valence-electron chi connectivity index (χ1n) is 9.46. The van der Waals surface area contributed by atoms with E-state index in [4.69, 9.17) is 21.4 Å². The third kappa shape index (κ3) is 4.00. The summed E-state index contributed by atoms with van der Waals surface area (Å²) in [7, 11) is 0. The Morgan fingerprint density at radius 2 is 1.97 bits per heavy atom. The highest BCUT2D eigenvalue weighted by Crippen LogP contribution is 2.40. The highest BCUT2D eigenvalue weighted by molar-refractivity contribution is 7.80. The number of nitrogens with zero attached hydrogens (tertiary/aromatic N) is 2. The van der Waals surface area contributed by atoms with Gasteiger partial charge >= 0.3 is 5.97 Å². The van der Waals surface area contributed by atoms with Crippen LogP contribution in [-0.4, -0.2) is 34.1 Å². The molecule has 0 unspecified atom stereocenters. The number of nitrogens with one attached hydrogen (secondary N) is 1. The van der Waals surface area contributed by atoms with Gasteiger partial charge in [0.25, 0.3) is 0 Å². The smallest absolute Gasteiger partial charge is 0.325 e. The Balaban J connectivity index is 1.70. The Kier molecular flexibility index (Phi) is 5.57. The standard InChI is InChI=1S/C22H21N3O3S/c1-2-27-19(26)14-25-21(20(24-22(25)29)16-10-6-7-13-23-16)18-12-11-17(28-18)15-8-4-3-5-9-15/h3-13,20-21H,2,14H2,1H3,(H,24,29)/t20-,21+/m1/s1. The molecule has 1 aromatic carbocycles. The Morgan fingerprint density at radius 3 is 2.69 bits per heavy atom. The van der Waals surface area contributed by atoms with E-state index in [1.807, 2.05) is 60.7 Å². The quantitative estimate of drug-likeness (QED) is 0.491. The minimum Gasteiger partial charge on any atom is -0.465 e. The highest BCUT2D eigenvalue weighted by Gasteiger charge is 2.42. The summed E-state index contributed by atoms with van der Waals surface area (Å²) in [6.45, 7) is 2.14. The highest BCUT2D eigenvalue weighted by atomic mass is 32.1. The number of hydrogen-bond acceptors (Lipinski definition) is 5. The monoisotopic (exact) mass is 407 g/mol. The van der Waals surface area contributed by atoms with Crippen molar-refractivity contribution in [1.82, 2.24) is 15.2 Å². The first-order chi connectivity index (χ1) is 14.2. The van der Waals surface area contributed by atoms with Crippen molar-refractivity contribution in [3.63, 3.8) is 0 Å². The number of aromatic nitrogens is 1. The Bertz CT molecular complexity index is 991. The molecule has 29 heavy (non-hydrogen) atoms. The van der Waals surface area contributed by atoms with Crippen LogP contribution in [0.25, 0.3) is 11.3 Å². The van der Waals surface area contributed by atoms with Gasteiger partial charge < -0.3 is 19.4 Å². The van der Waals surface area contributed by atoms with Gasteiger partial charge in [-0.25, -0.2) is 0 Å². The largest absolute Gasteiger partial charge is 0.465 e. The van der Waals surface area contributed by atoms with E-state index >= 15 is 0 Å². The van der Waals surface area contributed by atoms with E-state index < -0.39 is 0 Å². The zero-order chi connectivity index (χ0) is 20.2. The van der Waals surface area contributed by atoms with Gasteiger partial charge in [0.1, 0.15) is 24.1 Å². The van der Waals surface area contributed by atoms with E-state index in [2.05, 4.69) is 10.3 Å². The number of furan rings is 1. The summed E-state index contributed by atoms with van der Waals surface area (Å²) in [5.74, 6) is 1.13. The fourth-order valence-electron chi connectivity index (χ4n) is 3.50. The normalized spacial score (nSPS) is 18.5. The molecule has 4 rings (SSSR count). The first kappa shape index (κ1) is 19.1. The molecule has 1 aliphatic heterocycles. The van der Waals surface area contributed by atoms with E-state index in [1.54, 1.807) is 18.0 Å². The molecular formula is C22H21N3O3S. The maximum Gasteiger partial charge on any atom is 0.325 e. The van der Waals surface area contributed by atoms with Gasteiger partial charge in [-0.05, 0) is 43.4 Å². The fourth-order valence-corrected chi connectivity index (χ4v) is 3.80. The van der Waals surface area contributed by atoms with Crippen LogP contribution in [0.1, 0.15) is 30.5 Å². The number of carbonyl (C=O) groups is 1. The van der Waals surface area contributed by atoms with Crippen molar-refractivity contribution in [2.75, 3.05) is 13.2 Å². The second-order valence-electron chi connectivity index (χ2n) is 6.63. The molecule has 1 saturated heterocycles. The molecule has 0 spiro atoms. The molecule has 148 valence electrons. The zero-order valence-corrected chi connectivity index (χ0v) is 16.8. The molecule has 6 nitrogen and oxygen atoms in total. The van der Waals surface area contributed by atoms with Crippen LogP contribution < -0.4 is 5.32 Å². The van der Waals surface area contributed by atoms with E-state index in [0.717, 1.165) is 17.0 Å². The molecule has 1 aliphatic rings. The van der Waals surface area contributed by atoms with Crippen LogP contribution in [0.4, 0.5) is 0 Å². The van der Waals surface area contributed by atoms with E-state index in [-0.39, 0.29) is 24.6 Å². The van der Waals surface area contributed by atoms with Crippen molar-refractivity contribution in [2.45, 2.75) is 19.0 Å². The average molecular weight is 407 g/mol. The molecule has 7 heteroatoms. The second kappa shape index (κ2) is 8.45. The van der Waals surface area contributed by atoms with Crippen molar-refractivity contribution in [2.24, 2.45) is 0 Å². The van der Waals surface area contributed by atoms with Crippen molar-refractivity contribution in [3.8, 4) is 11.3 Å². The van der Waals surface area contributed by atoms with Crippen molar-refractivity contribution >= 4 is 23.3 Å². The number of rotatable bonds is 6. The SMILES string of the molecule is CCOC(=O)CN1C(=S)N[C@H](c2ccccn2)[C@@H]1c1ccc(-c2ccccc2)o1. The van der Waals surface area contributed by atoms with Crippen LogP contribution in [0.5, 0.6) is 0 Å². The fraction of sp³-hybridized carbons (Fsp3) is 0.227. The van der Waals surface area contributed by atoms with E-state index in [0.29, 0.717) is 17.5 Å². The molecule has 2 aromatic heterocycles. The Labute approximate surface area is 174 Å². The number of esters is 1. The maximum absolute atomic E-state index is 12.2. The summed E-state index contributed by atoms with van der Waals surface area (Å²) >= 11 is 5.54. The summed E-state index contributed by atoms with van der Waals surface area (Å²) in [5.41, 5.74) is 1.81. The lowest BCUT2D eigenvalue weighted by Crippen LogP contribution is -2.35. The van der Waals surface area contributed by atoms with Gasteiger partial charge in [-0.15, -0.1) is 0 Å². The Hall–Kier alpha value is -3.19. The molecule has 0 bridgehead atoms. The zero-order valence-electron chi connectivity index (χ0n) is 15.9. The number of carbonyl (C=O) groups excluding carboxylic acids is 1. The lowest BCUT2D eigenvalue weighted by atomic mass is 10.0. The molecular weight excluding hydrogens is 386 g/mol. The predicted molar refractivity (Wildman–Crippen MR) is 113 cm³/mol. The number of pyridine rings is 1. The number of ether oxygens (including phenoxy) is 1. The molecule has 3 heterocycles. The number of thiocarbonyl (C=S) groups is 1. The lowest BCUT2D eigenvalue weighted by molar-refractivity contribution is -0.143. The van der Waals surface area contributed by atoms with Gasteiger partial charge in [-0.2, -0.15) is 0 Å². The average Bonchev–Trinajstić information content (AvgIpc) is 3.35. The van der Waals surface area contributed by atoms with Crippen LogP contribution in [0.3, 0.4) is 0 Å². The molecule has 0 radical (unpaired) electrons. The molecule has 1 N–H and O–H groups in total. The molecule has 2 atom stereocenters. The maximum atomic E-state index is 12.2. The van der Waals surface area contributed by atoms with Gasteiger partial charge in [-0.3, -0.25) is 9.78 Å². The van der Waals surface area contributed by atoms with Gasteiger partial charge in [0.05, 0.1) is 18.3 Å². The summed E-state index contributed by atoms with van der Waals surface area (Å²) in [4.78, 5) is 18.5. The van der Waals surface area contributed by atoms with E-state index in [9.17, 15) is 4.79 Å². The topological polar surface area (TPSA) is 67.6 Å². The molecule has 0 amide bonds. The van der Waals surface area contributed by atoms with Crippen LogP contribution >= 0.6 is 12.2 Å². The summed E-state index contributed by atoms with van der Waals surface area (Å²) < 4.78 is 11.3. The van der Waals surface area contributed by atoms with Crippen LogP contribution in [0, 0.1) is 0 Å². The minimum absolute atomic E-state index is 0.0367. The molecule has 0 saturated carbocycles. The summed E-state index contributed by atoms with van der Waals surface area (Å²) in [6, 6.07) is 18.9. The third-order valence-electron chi connectivity index (χ3n) is 4.78. The molecule has 1 fully saturated rings. The van der Waals surface area contributed by atoms with Crippen LogP contribution in [0.15, 0.2) is 71.3 Å². The molecule has 3 aromatic rings. The van der Waals surface area contributed by atoms with Gasteiger partial charge in [-0.1, -0.05) is 36.4 Å². The van der Waals surface area contributed by atoms with Gasteiger partial charge in [0.2, 0.25) is 0 Å². The van der Waals surface area contributed by atoms with Crippen LogP contribution in [-0.2, 0) is 9.53 Å². The minimum atomic E-state index is -0.335. The Morgan fingerprint density at radius 1 is 1.17 bits per heavy atom. The summed E-state index contributed by atoms with van der Waals surface area (Å²) in [5, 5.41) is 3.76. The third-order valence-corrected chi connectivity index (χ3v) is 5.13. The van der Waals surface area contributed by atoms with Crippen LogP contribution in [0.2, 0.25) is 0 Å². The number of hydrogen-bond donors (Lipinski definition) is 1. The van der Waals surface area contributed by atoms with Crippen molar-refractivity contribution in [1.29, 1.82) is 0 Å². The lowest BCUT2D eigenvalue weighted by Gasteiger charge is -2.25. The van der Waals surface area contributed by atoms with Crippen molar-refractivity contribution in [3.05, 3.63) is 78.3 Å². The van der Waals surface area contributed by atoms with Gasteiger partial charge in [0.15, 0.2) is 5.11 Å². The first-order valence-corrected chi connectivity index (χ1v) is 9.87. The molecule has 0 aliphatic carbocycles. The van der Waals surface area contributed by atoms with Gasteiger partial charge in [0, 0.05) is 11.8 Å². The predicted octanol–water partition coefficient (Wildman–Crippen LogP) is 3.88. The van der Waals surface area contributed by atoms with Crippen molar-refractivity contribution < 1.29 is 13.9 Å². The number of benzene rings is 1.